The standard InChI is InChI=1S/C17H22BrFO2/c1-2-21-17(13-6-4-3-5-7-13)16(20)10-12-8-14(18)11-15(19)9-12/h8-9,11,13,17H,2-7,10H2,1H3. The molecule has 1 saturated carbocycles. The van der Waals surface area contributed by atoms with E-state index in [0.29, 0.717) is 22.6 Å². The zero-order valence-electron chi connectivity index (χ0n) is 12.4. The first-order valence-corrected chi connectivity index (χ1v) is 8.48. The summed E-state index contributed by atoms with van der Waals surface area (Å²) in [6, 6.07) is 4.62. The number of hydrogen-bond acceptors (Lipinski definition) is 2. The Bertz CT molecular complexity index is 463. The molecule has 0 amide bonds. The number of carbonyl (C=O) groups excluding carboxylic acids is 1. The van der Waals surface area contributed by atoms with Gasteiger partial charge in [0.2, 0.25) is 0 Å². The number of Topliss-reactive ketones (excluding diaryl/α,β-unsaturated/α-hetero) is 1. The highest BCUT2D eigenvalue weighted by Gasteiger charge is 2.29. The molecule has 0 aliphatic heterocycles. The number of rotatable bonds is 6. The molecule has 1 fully saturated rings. The van der Waals surface area contributed by atoms with E-state index in [1.807, 2.05) is 6.92 Å². The number of ketones is 1. The third-order valence-electron chi connectivity index (χ3n) is 4.04. The second-order valence-electron chi connectivity index (χ2n) is 5.69. The van der Waals surface area contributed by atoms with E-state index in [2.05, 4.69) is 15.9 Å². The fraction of sp³-hybridized carbons (Fsp3) is 0.588. The normalized spacial score (nSPS) is 17.7. The van der Waals surface area contributed by atoms with Crippen molar-refractivity contribution in [2.24, 2.45) is 5.92 Å². The van der Waals surface area contributed by atoms with E-state index in [-0.39, 0.29) is 24.1 Å². The highest BCUT2D eigenvalue weighted by molar-refractivity contribution is 9.10. The molecule has 0 aromatic heterocycles. The van der Waals surface area contributed by atoms with Gasteiger partial charge in [0, 0.05) is 17.5 Å². The first-order valence-electron chi connectivity index (χ1n) is 7.69. The fourth-order valence-corrected chi connectivity index (χ4v) is 3.64. The van der Waals surface area contributed by atoms with Gasteiger partial charge in [-0.3, -0.25) is 4.79 Å². The van der Waals surface area contributed by atoms with Crippen LogP contribution in [-0.2, 0) is 16.0 Å². The molecule has 0 radical (unpaired) electrons. The quantitative estimate of drug-likeness (QED) is 0.739. The topological polar surface area (TPSA) is 26.3 Å². The van der Waals surface area contributed by atoms with Crippen LogP contribution in [0.25, 0.3) is 0 Å². The Morgan fingerprint density at radius 2 is 2.05 bits per heavy atom. The Morgan fingerprint density at radius 3 is 2.67 bits per heavy atom. The lowest BCUT2D eigenvalue weighted by atomic mass is 9.82. The lowest BCUT2D eigenvalue weighted by molar-refractivity contribution is -0.134. The van der Waals surface area contributed by atoms with Gasteiger partial charge in [-0.05, 0) is 49.4 Å². The molecule has 4 heteroatoms. The van der Waals surface area contributed by atoms with Gasteiger partial charge in [-0.2, -0.15) is 0 Å². The summed E-state index contributed by atoms with van der Waals surface area (Å²) in [4.78, 5) is 12.6. The third kappa shape index (κ3) is 4.89. The Balaban J connectivity index is 2.06. The third-order valence-corrected chi connectivity index (χ3v) is 4.50. The van der Waals surface area contributed by atoms with Crippen LogP contribution >= 0.6 is 15.9 Å². The van der Waals surface area contributed by atoms with Crippen LogP contribution < -0.4 is 0 Å². The minimum atomic E-state index is -0.336. The van der Waals surface area contributed by atoms with E-state index in [9.17, 15) is 9.18 Å². The highest BCUT2D eigenvalue weighted by Crippen LogP contribution is 2.29. The molecular formula is C17H22BrFO2. The lowest BCUT2D eigenvalue weighted by Crippen LogP contribution is -2.35. The predicted octanol–water partition coefficient (Wildman–Crippen LogP) is 4.69. The van der Waals surface area contributed by atoms with Crippen molar-refractivity contribution in [3.8, 4) is 0 Å². The summed E-state index contributed by atoms with van der Waals surface area (Å²) < 4.78 is 19.8. The van der Waals surface area contributed by atoms with Crippen LogP contribution in [0.15, 0.2) is 22.7 Å². The van der Waals surface area contributed by atoms with E-state index in [4.69, 9.17) is 4.74 Å². The molecule has 1 aromatic carbocycles. The Labute approximate surface area is 134 Å². The molecule has 0 heterocycles. The number of halogens is 2. The highest BCUT2D eigenvalue weighted by atomic mass is 79.9. The number of carbonyl (C=O) groups is 1. The van der Waals surface area contributed by atoms with Crippen molar-refractivity contribution in [3.05, 3.63) is 34.1 Å². The van der Waals surface area contributed by atoms with Crippen molar-refractivity contribution >= 4 is 21.7 Å². The van der Waals surface area contributed by atoms with Gasteiger partial charge in [-0.15, -0.1) is 0 Å². The molecule has 1 aliphatic rings. The predicted molar refractivity (Wildman–Crippen MR) is 84.8 cm³/mol. The molecule has 1 aromatic rings. The van der Waals surface area contributed by atoms with Gasteiger partial charge in [-0.1, -0.05) is 35.2 Å². The van der Waals surface area contributed by atoms with Crippen molar-refractivity contribution in [2.45, 2.75) is 51.6 Å². The summed E-state index contributed by atoms with van der Waals surface area (Å²) in [7, 11) is 0. The maximum Gasteiger partial charge on any atom is 0.166 e. The van der Waals surface area contributed by atoms with Gasteiger partial charge in [0.25, 0.3) is 0 Å². The second kappa shape index (κ2) is 8.04. The van der Waals surface area contributed by atoms with E-state index in [1.165, 1.54) is 31.4 Å². The average molecular weight is 357 g/mol. The van der Waals surface area contributed by atoms with Crippen molar-refractivity contribution in [1.82, 2.24) is 0 Å². The van der Waals surface area contributed by atoms with E-state index < -0.39 is 0 Å². The minimum Gasteiger partial charge on any atom is -0.370 e. The second-order valence-corrected chi connectivity index (χ2v) is 6.61. The molecule has 0 saturated heterocycles. The van der Waals surface area contributed by atoms with Crippen molar-refractivity contribution < 1.29 is 13.9 Å². The zero-order chi connectivity index (χ0) is 15.2. The molecule has 1 atom stereocenters. The van der Waals surface area contributed by atoms with E-state index in [1.54, 1.807) is 6.07 Å². The summed E-state index contributed by atoms with van der Waals surface area (Å²) in [5.41, 5.74) is 0.701. The average Bonchev–Trinajstić information content (AvgIpc) is 2.44. The molecular weight excluding hydrogens is 335 g/mol. The fourth-order valence-electron chi connectivity index (χ4n) is 3.12. The first-order chi connectivity index (χ1) is 10.1. The summed E-state index contributed by atoms with van der Waals surface area (Å²) in [5.74, 6) is 0.0715. The van der Waals surface area contributed by atoms with Gasteiger partial charge in [-0.25, -0.2) is 4.39 Å². The molecule has 2 nitrogen and oxygen atoms in total. The minimum absolute atomic E-state index is 0.0706. The first kappa shape index (κ1) is 16.6. The molecule has 21 heavy (non-hydrogen) atoms. The molecule has 0 spiro atoms. The van der Waals surface area contributed by atoms with Crippen LogP contribution in [0.1, 0.15) is 44.6 Å². The molecule has 2 rings (SSSR count). The molecule has 116 valence electrons. The summed E-state index contributed by atoms with van der Waals surface area (Å²) in [6.07, 6.45) is 5.61. The van der Waals surface area contributed by atoms with Crippen LogP contribution in [0.2, 0.25) is 0 Å². The largest absolute Gasteiger partial charge is 0.370 e. The van der Waals surface area contributed by atoms with E-state index in [0.717, 1.165) is 12.8 Å². The smallest absolute Gasteiger partial charge is 0.166 e. The van der Waals surface area contributed by atoms with Gasteiger partial charge in [0.15, 0.2) is 5.78 Å². The SMILES string of the molecule is CCOC(C(=O)Cc1cc(F)cc(Br)c1)C1CCCCC1. The monoisotopic (exact) mass is 356 g/mol. The van der Waals surface area contributed by atoms with Gasteiger partial charge >= 0.3 is 0 Å². The Kier molecular flexibility index (Phi) is 6.37. The van der Waals surface area contributed by atoms with Gasteiger partial charge in [0.05, 0.1) is 0 Å². The van der Waals surface area contributed by atoms with Gasteiger partial charge < -0.3 is 4.74 Å². The van der Waals surface area contributed by atoms with Crippen molar-refractivity contribution in [1.29, 1.82) is 0 Å². The van der Waals surface area contributed by atoms with E-state index >= 15 is 0 Å². The number of ether oxygens (including phenoxy) is 1. The van der Waals surface area contributed by atoms with Gasteiger partial charge in [0.1, 0.15) is 11.9 Å². The molecule has 0 bridgehead atoms. The van der Waals surface area contributed by atoms with Crippen molar-refractivity contribution in [3.63, 3.8) is 0 Å². The Hall–Kier alpha value is -0.740. The van der Waals surface area contributed by atoms with Crippen LogP contribution in [0.4, 0.5) is 4.39 Å². The molecule has 1 unspecified atom stereocenters. The maximum absolute atomic E-state index is 13.4. The summed E-state index contributed by atoms with van der Waals surface area (Å²) in [5, 5.41) is 0. The van der Waals surface area contributed by atoms with Crippen molar-refractivity contribution in [2.75, 3.05) is 6.61 Å². The Morgan fingerprint density at radius 1 is 1.33 bits per heavy atom. The summed E-state index contributed by atoms with van der Waals surface area (Å²) >= 11 is 3.26. The molecule has 1 aliphatic carbocycles. The number of benzene rings is 1. The van der Waals surface area contributed by atoms with Crippen LogP contribution in [0, 0.1) is 11.7 Å². The zero-order valence-corrected chi connectivity index (χ0v) is 14.0. The summed E-state index contributed by atoms with van der Waals surface area (Å²) in [6.45, 7) is 2.46. The lowest BCUT2D eigenvalue weighted by Gasteiger charge is -2.29. The van der Waals surface area contributed by atoms with Crippen LogP contribution in [-0.4, -0.2) is 18.5 Å². The number of hydrogen-bond donors (Lipinski definition) is 0. The molecule has 0 N–H and O–H groups in total. The van der Waals surface area contributed by atoms with Crippen LogP contribution in [0.5, 0.6) is 0 Å². The maximum atomic E-state index is 13.4. The van der Waals surface area contributed by atoms with Crippen LogP contribution in [0.3, 0.4) is 0 Å².